The summed E-state index contributed by atoms with van der Waals surface area (Å²) < 4.78 is 0. The van der Waals surface area contributed by atoms with Gasteiger partial charge in [-0.05, 0) is 24.3 Å². The Morgan fingerprint density at radius 1 is 1.11 bits per heavy atom. The predicted octanol–water partition coefficient (Wildman–Crippen LogP) is 4.23. The first-order chi connectivity index (χ1) is 8.97. The lowest BCUT2D eigenvalue weighted by Gasteiger charge is -2.10. The van der Waals surface area contributed by atoms with E-state index in [4.69, 9.17) is 28.9 Å². The van der Waals surface area contributed by atoms with Crippen LogP contribution in [-0.4, -0.2) is 4.92 Å². The molecule has 0 heterocycles. The van der Waals surface area contributed by atoms with Gasteiger partial charge in [-0.3, -0.25) is 10.1 Å². The highest BCUT2D eigenvalue weighted by molar-refractivity contribution is 6.39. The van der Waals surface area contributed by atoms with E-state index in [0.717, 1.165) is 5.69 Å². The zero-order chi connectivity index (χ0) is 14.0. The number of benzene rings is 2. The molecule has 0 spiro atoms. The summed E-state index contributed by atoms with van der Waals surface area (Å²) in [6.07, 6.45) is 0. The Morgan fingerprint density at radius 3 is 2.11 bits per heavy atom. The summed E-state index contributed by atoms with van der Waals surface area (Å²) in [6.45, 7) is 0. The van der Waals surface area contributed by atoms with E-state index in [1.54, 1.807) is 24.3 Å². The Labute approximate surface area is 119 Å². The number of nitro groups is 1. The van der Waals surface area contributed by atoms with Gasteiger partial charge < -0.3 is 11.1 Å². The molecule has 0 bridgehead atoms. The molecular formula is C12H9Cl2N3O2. The Bertz CT molecular complexity index is 606. The first-order valence-corrected chi connectivity index (χ1v) is 5.99. The van der Waals surface area contributed by atoms with Gasteiger partial charge in [0.25, 0.3) is 5.69 Å². The van der Waals surface area contributed by atoms with E-state index < -0.39 is 4.92 Å². The molecule has 0 saturated heterocycles. The minimum absolute atomic E-state index is 0.155. The molecule has 0 unspecified atom stereocenters. The largest absolute Gasteiger partial charge is 0.399 e. The lowest BCUT2D eigenvalue weighted by Crippen LogP contribution is -1.95. The van der Waals surface area contributed by atoms with Gasteiger partial charge in [-0.2, -0.15) is 0 Å². The minimum Gasteiger partial charge on any atom is -0.399 e. The van der Waals surface area contributed by atoms with Gasteiger partial charge in [0.1, 0.15) is 0 Å². The van der Waals surface area contributed by atoms with Crippen LogP contribution < -0.4 is 11.1 Å². The lowest BCUT2D eigenvalue weighted by molar-refractivity contribution is -0.384. The number of nitro benzene ring substituents is 1. The summed E-state index contributed by atoms with van der Waals surface area (Å²) in [6, 6.07) is 9.43. The number of anilines is 3. The van der Waals surface area contributed by atoms with Gasteiger partial charge in [-0.15, -0.1) is 0 Å². The van der Waals surface area contributed by atoms with E-state index in [0.29, 0.717) is 11.4 Å². The number of hydrogen-bond donors (Lipinski definition) is 2. The predicted molar refractivity (Wildman–Crippen MR) is 77.3 cm³/mol. The molecule has 0 radical (unpaired) electrons. The molecule has 0 aliphatic heterocycles. The van der Waals surface area contributed by atoms with Crippen LogP contribution in [0.25, 0.3) is 0 Å². The van der Waals surface area contributed by atoms with Crippen molar-refractivity contribution in [1.29, 1.82) is 0 Å². The fourth-order valence-electron chi connectivity index (χ4n) is 1.50. The number of nitrogens with two attached hydrogens (primary N) is 1. The van der Waals surface area contributed by atoms with Gasteiger partial charge in [0, 0.05) is 23.5 Å². The van der Waals surface area contributed by atoms with Crippen molar-refractivity contribution in [1.82, 2.24) is 0 Å². The van der Waals surface area contributed by atoms with Crippen LogP contribution in [0, 0.1) is 10.1 Å². The molecule has 0 saturated carbocycles. The van der Waals surface area contributed by atoms with Crippen molar-refractivity contribution in [3.05, 3.63) is 56.6 Å². The summed E-state index contributed by atoms with van der Waals surface area (Å²) >= 11 is 12.0. The van der Waals surface area contributed by atoms with Crippen molar-refractivity contribution in [2.75, 3.05) is 11.1 Å². The van der Waals surface area contributed by atoms with E-state index in [1.807, 2.05) is 0 Å². The highest BCUT2D eigenvalue weighted by atomic mass is 35.5. The van der Waals surface area contributed by atoms with Crippen LogP contribution in [0.2, 0.25) is 10.0 Å². The molecule has 3 N–H and O–H groups in total. The van der Waals surface area contributed by atoms with Crippen molar-refractivity contribution in [3.63, 3.8) is 0 Å². The molecule has 5 nitrogen and oxygen atoms in total. The van der Waals surface area contributed by atoms with E-state index >= 15 is 0 Å². The van der Waals surface area contributed by atoms with Crippen LogP contribution in [-0.2, 0) is 0 Å². The Hall–Kier alpha value is -1.98. The van der Waals surface area contributed by atoms with E-state index in [-0.39, 0.29) is 15.7 Å². The molecule has 0 aromatic heterocycles. The average molecular weight is 298 g/mol. The SMILES string of the molecule is Nc1ccc(Nc2c(Cl)cc([N+](=O)[O-])cc2Cl)cc1. The van der Waals surface area contributed by atoms with Crippen LogP contribution in [0.1, 0.15) is 0 Å². The highest BCUT2D eigenvalue weighted by Crippen LogP contribution is 2.36. The highest BCUT2D eigenvalue weighted by Gasteiger charge is 2.14. The van der Waals surface area contributed by atoms with E-state index in [1.165, 1.54) is 12.1 Å². The van der Waals surface area contributed by atoms with Gasteiger partial charge in [0.05, 0.1) is 20.7 Å². The molecule has 2 rings (SSSR count). The number of rotatable bonds is 3. The second-order valence-electron chi connectivity index (χ2n) is 3.79. The number of hydrogen-bond acceptors (Lipinski definition) is 4. The first-order valence-electron chi connectivity index (χ1n) is 5.23. The molecule has 2 aromatic carbocycles. The Kier molecular flexibility index (Phi) is 3.78. The molecule has 19 heavy (non-hydrogen) atoms. The molecule has 0 atom stereocenters. The van der Waals surface area contributed by atoms with E-state index in [2.05, 4.69) is 5.32 Å². The van der Waals surface area contributed by atoms with Crippen LogP contribution in [0.5, 0.6) is 0 Å². The maximum Gasteiger partial charge on any atom is 0.272 e. The zero-order valence-corrected chi connectivity index (χ0v) is 11.1. The minimum atomic E-state index is -0.551. The summed E-state index contributed by atoms with van der Waals surface area (Å²) in [5, 5.41) is 14.0. The zero-order valence-electron chi connectivity index (χ0n) is 9.56. The van der Waals surface area contributed by atoms with Gasteiger partial charge in [-0.1, -0.05) is 23.2 Å². The molecule has 0 amide bonds. The summed E-state index contributed by atoms with van der Waals surface area (Å²) in [5.74, 6) is 0. The Morgan fingerprint density at radius 2 is 1.63 bits per heavy atom. The number of halogens is 2. The fraction of sp³-hybridized carbons (Fsp3) is 0. The smallest absolute Gasteiger partial charge is 0.272 e. The van der Waals surface area contributed by atoms with Crippen LogP contribution >= 0.6 is 23.2 Å². The van der Waals surface area contributed by atoms with Gasteiger partial charge in [0.15, 0.2) is 0 Å². The maximum absolute atomic E-state index is 10.7. The van der Waals surface area contributed by atoms with Crippen molar-refractivity contribution >= 4 is 46.0 Å². The monoisotopic (exact) mass is 297 g/mol. The summed E-state index contributed by atoms with van der Waals surface area (Å²) in [4.78, 5) is 10.1. The summed E-state index contributed by atoms with van der Waals surface area (Å²) in [5.41, 5.74) is 7.20. The van der Waals surface area contributed by atoms with Crippen LogP contribution in [0.15, 0.2) is 36.4 Å². The number of nitrogen functional groups attached to an aromatic ring is 1. The average Bonchev–Trinajstić information content (AvgIpc) is 2.35. The van der Waals surface area contributed by atoms with Gasteiger partial charge in [-0.25, -0.2) is 0 Å². The second kappa shape index (κ2) is 5.34. The van der Waals surface area contributed by atoms with Crippen molar-refractivity contribution in [2.45, 2.75) is 0 Å². The molecule has 0 aliphatic rings. The molecule has 0 aliphatic carbocycles. The lowest BCUT2D eigenvalue weighted by atomic mass is 10.2. The maximum atomic E-state index is 10.7. The van der Waals surface area contributed by atoms with Crippen LogP contribution in [0.3, 0.4) is 0 Å². The van der Waals surface area contributed by atoms with Crippen molar-refractivity contribution in [2.24, 2.45) is 0 Å². The molecule has 0 fully saturated rings. The number of nitrogens with zero attached hydrogens (tertiary/aromatic N) is 1. The standard InChI is InChI=1S/C12H9Cl2N3O2/c13-10-5-9(17(18)19)6-11(14)12(10)16-8-3-1-7(15)2-4-8/h1-6,16H,15H2. The first kappa shape index (κ1) is 13.5. The number of non-ortho nitro benzene ring substituents is 1. The molecular weight excluding hydrogens is 289 g/mol. The topological polar surface area (TPSA) is 81.2 Å². The van der Waals surface area contributed by atoms with Crippen molar-refractivity contribution in [3.8, 4) is 0 Å². The summed E-state index contributed by atoms with van der Waals surface area (Å²) in [7, 11) is 0. The molecule has 98 valence electrons. The quantitative estimate of drug-likeness (QED) is 0.505. The third kappa shape index (κ3) is 3.07. The normalized spacial score (nSPS) is 10.2. The molecule has 2 aromatic rings. The Balaban J connectivity index is 2.35. The third-order valence-corrected chi connectivity index (χ3v) is 3.01. The van der Waals surface area contributed by atoms with Crippen LogP contribution in [0.4, 0.5) is 22.7 Å². The van der Waals surface area contributed by atoms with Gasteiger partial charge in [0.2, 0.25) is 0 Å². The second-order valence-corrected chi connectivity index (χ2v) is 4.60. The molecule has 7 heteroatoms. The number of nitrogens with one attached hydrogen (secondary N) is 1. The third-order valence-electron chi connectivity index (χ3n) is 2.42. The van der Waals surface area contributed by atoms with E-state index in [9.17, 15) is 10.1 Å². The van der Waals surface area contributed by atoms with Gasteiger partial charge >= 0.3 is 0 Å². The fourth-order valence-corrected chi connectivity index (χ4v) is 2.07. The van der Waals surface area contributed by atoms with Crippen molar-refractivity contribution < 1.29 is 4.92 Å².